The maximum absolute atomic E-state index is 11.9. The number of halogens is 1. The molecule has 1 amide bonds. The highest BCUT2D eigenvalue weighted by molar-refractivity contribution is 6.30. The minimum Gasteiger partial charge on any atom is -0.367 e. The highest BCUT2D eigenvalue weighted by Crippen LogP contribution is 2.27. The SMILES string of the molecule is O=C1CCCCN1CCOC(c1ccccc1)c1ccc(Cl)cc1. The average molecular weight is 344 g/mol. The van der Waals surface area contributed by atoms with Gasteiger partial charge in [-0.15, -0.1) is 0 Å². The van der Waals surface area contributed by atoms with Crippen LogP contribution in [0.1, 0.15) is 36.5 Å². The van der Waals surface area contributed by atoms with E-state index in [-0.39, 0.29) is 12.0 Å². The number of carbonyl (C=O) groups excluding carboxylic acids is 1. The van der Waals surface area contributed by atoms with Gasteiger partial charge in [0.05, 0.1) is 6.61 Å². The molecule has 3 rings (SSSR count). The number of amides is 1. The molecule has 1 heterocycles. The molecule has 0 aliphatic carbocycles. The van der Waals surface area contributed by atoms with Crippen molar-refractivity contribution in [1.82, 2.24) is 4.90 Å². The Balaban J connectivity index is 1.68. The first-order chi connectivity index (χ1) is 11.7. The molecule has 0 aromatic heterocycles. The Morgan fingerprint density at radius 3 is 2.42 bits per heavy atom. The van der Waals surface area contributed by atoms with Crippen LogP contribution in [0.3, 0.4) is 0 Å². The molecule has 1 aliphatic heterocycles. The lowest BCUT2D eigenvalue weighted by Crippen LogP contribution is -2.37. The lowest BCUT2D eigenvalue weighted by atomic mass is 10.0. The third-order valence-corrected chi connectivity index (χ3v) is 4.59. The van der Waals surface area contributed by atoms with Gasteiger partial charge in [-0.2, -0.15) is 0 Å². The Morgan fingerprint density at radius 2 is 1.71 bits per heavy atom. The minimum atomic E-state index is -0.150. The summed E-state index contributed by atoms with van der Waals surface area (Å²) in [5.74, 6) is 0.243. The molecule has 4 heteroatoms. The monoisotopic (exact) mass is 343 g/mol. The van der Waals surface area contributed by atoms with Crippen molar-refractivity contribution in [2.24, 2.45) is 0 Å². The third kappa shape index (κ3) is 4.37. The Bertz CT molecular complexity index is 657. The Kier molecular flexibility index (Phi) is 5.89. The topological polar surface area (TPSA) is 29.5 Å². The van der Waals surface area contributed by atoms with Crippen molar-refractivity contribution in [2.45, 2.75) is 25.4 Å². The maximum atomic E-state index is 11.9. The molecule has 1 atom stereocenters. The summed E-state index contributed by atoms with van der Waals surface area (Å²) in [6.45, 7) is 2.02. The van der Waals surface area contributed by atoms with Gasteiger partial charge in [-0.05, 0) is 36.1 Å². The van der Waals surface area contributed by atoms with Crippen LogP contribution in [0.4, 0.5) is 0 Å². The highest BCUT2D eigenvalue weighted by Gasteiger charge is 2.19. The quantitative estimate of drug-likeness (QED) is 0.775. The number of benzene rings is 2. The number of carbonyl (C=O) groups is 1. The molecule has 1 fully saturated rings. The predicted molar refractivity (Wildman–Crippen MR) is 96.1 cm³/mol. The van der Waals surface area contributed by atoms with Crippen molar-refractivity contribution < 1.29 is 9.53 Å². The van der Waals surface area contributed by atoms with Crippen molar-refractivity contribution in [2.75, 3.05) is 19.7 Å². The fraction of sp³-hybridized carbons (Fsp3) is 0.350. The van der Waals surface area contributed by atoms with E-state index in [1.165, 1.54) is 0 Å². The van der Waals surface area contributed by atoms with Gasteiger partial charge in [0.15, 0.2) is 0 Å². The summed E-state index contributed by atoms with van der Waals surface area (Å²) in [6, 6.07) is 17.9. The minimum absolute atomic E-state index is 0.150. The molecule has 2 aromatic rings. The van der Waals surface area contributed by atoms with Crippen LogP contribution in [0.5, 0.6) is 0 Å². The normalized spacial score (nSPS) is 16.2. The smallest absolute Gasteiger partial charge is 0.222 e. The van der Waals surface area contributed by atoms with E-state index in [4.69, 9.17) is 16.3 Å². The van der Waals surface area contributed by atoms with Crippen LogP contribution in [0, 0.1) is 0 Å². The van der Waals surface area contributed by atoms with Gasteiger partial charge in [0.25, 0.3) is 0 Å². The molecular weight excluding hydrogens is 322 g/mol. The maximum Gasteiger partial charge on any atom is 0.222 e. The summed E-state index contributed by atoms with van der Waals surface area (Å²) in [7, 11) is 0. The molecule has 126 valence electrons. The number of hydrogen-bond donors (Lipinski definition) is 0. The average Bonchev–Trinajstić information content (AvgIpc) is 2.62. The molecule has 1 unspecified atom stereocenters. The molecule has 24 heavy (non-hydrogen) atoms. The standard InChI is InChI=1S/C20H22ClNO2/c21-18-11-9-17(10-12-18)20(16-6-2-1-3-7-16)24-15-14-22-13-5-4-8-19(22)23/h1-3,6-7,9-12,20H,4-5,8,13-15H2. The number of hydrogen-bond acceptors (Lipinski definition) is 2. The third-order valence-electron chi connectivity index (χ3n) is 4.34. The molecule has 0 spiro atoms. The van der Waals surface area contributed by atoms with E-state index >= 15 is 0 Å². The van der Waals surface area contributed by atoms with E-state index in [0.29, 0.717) is 24.6 Å². The van der Waals surface area contributed by atoms with E-state index in [2.05, 4.69) is 12.1 Å². The van der Waals surface area contributed by atoms with Gasteiger partial charge < -0.3 is 9.64 Å². The van der Waals surface area contributed by atoms with E-state index in [9.17, 15) is 4.79 Å². The molecular formula is C20H22ClNO2. The number of piperidine rings is 1. The van der Waals surface area contributed by atoms with Gasteiger partial charge in [-0.1, -0.05) is 54.1 Å². The summed E-state index contributed by atoms with van der Waals surface area (Å²) in [5.41, 5.74) is 2.17. The first kappa shape index (κ1) is 17.0. The number of ether oxygens (including phenoxy) is 1. The number of nitrogens with zero attached hydrogens (tertiary/aromatic N) is 1. The summed E-state index contributed by atoms with van der Waals surface area (Å²) in [5, 5.41) is 0.712. The van der Waals surface area contributed by atoms with Crippen LogP contribution in [-0.4, -0.2) is 30.5 Å². The summed E-state index contributed by atoms with van der Waals surface area (Å²) < 4.78 is 6.17. The van der Waals surface area contributed by atoms with E-state index in [1.807, 2.05) is 47.4 Å². The van der Waals surface area contributed by atoms with Crippen LogP contribution in [-0.2, 0) is 9.53 Å². The van der Waals surface area contributed by atoms with Crippen molar-refractivity contribution >= 4 is 17.5 Å². The molecule has 3 nitrogen and oxygen atoms in total. The molecule has 1 saturated heterocycles. The summed E-state index contributed by atoms with van der Waals surface area (Å²) >= 11 is 6.00. The lowest BCUT2D eigenvalue weighted by molar-refractivity contribution is -0.134. The van der Waals surface area contributed by atoms with E-state index < -0.39 is 0 Å². The zero-order valence-electron chi connectivity index (χ0n) is 13.7. The van der Waals surface area contributed by atoms with Gasteiger partial charge in [-0.25, -0.2) is 0 Å². The van der Waals surface area contributed by atoms with Gasteiger partial charge in [-0.3, -0.25) is 4.79 Å². The van der Waals surface area contributed by atoms with Crippen LogP contribution in [0.15, 0.2) is 54.6 Å². The fourth-order valence-corrected chi connectivity index (χ4v) is 3.16. The van der Waals surface area contributed by atoms with Crippen LogP contribution < -0.4 is 0 Å². The molecule has 1 aliphatic rings. The molecule has 2 aromatic carbocycles. The van der Waals surface area contributed by atoms with E-state index in [1.54, 1.807) is 0 Å². The Hall–Kier alpha value is -1.84. The van der Waals surface area contributed by atoms with Gasteiger partial charge in [0, 0.05) is 24.5 Å². The van der Waals surface area contributed by atoms with Crippen LogP contribution >= 0.6 is 11.6 Å². The molecule has 0 bridgehead atoms. The number of rotatable bonds is 6. The summed E-state index contributed by atoms with van der Waals surface area (Å²) in [4.78, 5) is 13.8. The number of likely N-dealkylation sites (tertiary alicyclic amines) is 1. The zero-order chi connectivity index (χ0) is 16.8. The largest absolute Gasteiger partial charge is 0.367 e. The fourth-order valence-electron chi connectivity index (χ4n) is 3.03. The summed E-state index contributed by atoms with van der Waals surface area (Å²) in [6.07, 6.45) is 2.61. The molecule has 0 N–H and O–H groups in total. The Labute approximate surface area is 148 Å². The van der Waals surface area contributed by atoms with Gasteiger partial charge in [0.2, 0.25) is 5.91 Å². The van der Waals surface area contributed by atoms with Crippen LogP contribution in [0.2, 0.25) is 5.02 Å². The van der Waals surface area contributed by atoms with Crippen molar-refractivity contribution in [3.8, 4) is 0 Å². The second-order valence-corrected chi connectivity index (χ2v) is 6.49. The first-order valence-electron chi connectivity index (χ1n) is 8.44. The molecule has 0 radical (unpaired) electrons. The highest BCUT2D eigenvalue weighted by atomic mass is 35.5. The predicted octanol–water partition coefficient (Wildman–Crippen LogP) is 4.46. The lowest BCUT2D eigenvalue weighted by Gasteiger charge is -2.27. The van der Waals surface area contributed by atoms with Crippen molar-refractivity contribution in [1.29, 1.82) is 0 Å². The van der Waals surface area contributed by atoms with E-state index in [0.717, 1.165) is 30.5 Å². The Morgan fingerprint density at radius 1 is 1.00 bits per heavy atom. The van der Waals surface area contributed by atoms with Crippen LogP contribution in [0.25, 0.3) is 0 Å². The second kappa shape index (κ2) is 8.32. The first-order valence-corrected chi connectivity index (χ1v) is 8.81. The van der Waals surface area contributed by atoms with Crippen molar-refractivity contribution in [3.63, 3.8) is 0 Å². The van der Waals surface area contributed by atoms with Crippen molar-refractivity contribution in [3.05, 3.63) is 70.7 Å². The van der Waals surface area contributed by atoms with Gasteiger partial charge in [0.1, 0.15) is 6.10 Å². The second-order valence-electron chi connectivity index (χ2n) is 6.05. The zero-order valence-corrected chi connectivity index (χ0v) is 14.4. The molecule has 0 saturated carbocycles. The van der Waals surface area contributed by atoms with Gasteiger partial charge >= 0.3 is 0 Å².